The maximum Gasteiger partial charge on any atom is 0.328 e. The molecule has 1 atom stereocenters. The molecule has 1 amide bonds. The summed E-state index contributed by atoms with van der Waals surface area (Å²) in [6, 6.07) is 1.05. The lowest BCUT2D eigenvalue weighted by molar-refractivity contribution is -0.144. The van der Waals surface area contributed by atoms with Crippen molar-refractivity contribution in [1.82, 2.24) is 5.32 Å². The van der Waals surface area contributed by atoms with Gasteiger partial charge in [0.25, 0.3) is 5.91 Å². The van der Waals surface area contributed by atoms with Gasteiger partial charge in [0.05, 0.1) is 15.3 Å². The number of halogens is 2. The molecule has 0 radical (unpaired) electrons. The van der Waals surface area contributed by atoms with Gasteiger partial charge in [0.15, 0.2) is 0 Å². The summed E-state index contributed by atoms with van der Waals surface area (Å²) in [5.41, 5.74) is 0. The lowest BCUT2D eigenvalue weighted by Gasteiger charge is -2.11. The third kappa shape index (κ3) is 4.08. The van der Waals surface area contributed by atoms with E-state index in [1.807, 2.05) is 0 Å². The molecule has 1 aromatic rings. The molecule has 0 bridgehead atoms. The number of rotatable bonds is 4. The summed E-state index contributed by atoms with van der Waals surface area (Å²) in [4.78, 5) is 23.6. The largest absolute Gasteiger partial charge is 0.464 e. The maximum atomic E-state index is 11.8. The average molecular weight is 385 g/mol. The predicted octanol–water partition coefficient (Wildman–Crippen LogP) is 2.95. The van der Waals surface area contributed by atoms with E-state index in [4.69, 9.17) is 4.74 Å². The predicted molar refractivity (Wildman–Crippen MR) is 73.3 cm³/mol. The molecule has 4 nitrogen and oxygen atoms in total. The van der Waals surface area contributed by atoms with E-state index in [1.54, 1.807) is 19.9 Å². The van der Waals surface area contributed by atoms with Crippen molar-refractivity contribution in [3.63, 3.8) is 0 Å². The zero-order chi connectivity index (χ0) is 13.0. The summed E-state index contributed by atoms with van der Waals surface area (Å²) in [7, 11) is 0. The first-order chi connectivity index (χ1) is 7.95. The van der Waals surface area contributed by atoms with Crippen LogP contribution in [0.1, 0.15) is 23.5 Å². The molecule has 0 saturated carbocycles. The van der Waals surface area contributed by atoms with E-state index < -0.39 is 12.0 Å². The molecule has 0 aromatic carbocycles. The van der Waals surface area contributed by atoms with E-state index in [9.17, 15) is 9.59 Å². The van der Waals surface area contributed by atoms with Crippen LogP contribution in [0.2, 0.25) is 0 Å². The molecular weight excluding hydrogens is 374 g/mol. The summed E-state index contributed by atoms with van der Waals surface area (Å²) in [6.07, 6.45) is 0. The third-order valence-electron chi connectivity index (χ3n) is 1.86. The first-order valence-corrected chi connectivity index (χ1v) is 7.28. The minimum Gasteiger partial charge on any atom is -0.464 e. The molecule has 1 aromatic heterocycles. The molecule has 1 rings (SSSR count). The Bertz CT molecular complexity index is 414. The second-order valence-electron chi connectivity index (χ2n) is 3.18. The van der Waals surface area contributed by atoms with Gasteiger partial charge in [-0.3, -0.25) is 4.79 Å². The summed E-state index contributed by atoms with van der Waals surface area (Å²) in [5.74, 6) is -0.725. The number of hydrogen-bond acceptors (Lipinski definition) is 4. The minimum atomic E-state index is -0.651. The topological polar surface area (TPSA) is 55.4 Å². The molecule has 0 aliphatic carbocycles. The molecule has 94 valence electrons. The number of hydrogen-bond donors (Lipinski definition) is 1. The number of thiophene rings is 1. The van der Waals surface area contributed by atoms with Gasteiger partial charge in [0.1, 0.15) is 6.04 Å². The Labute approximate surface area is 120 Å². The second-order valence-corrected chi connectivity index (χ2v) is 6.40. The quantitative estimate of drug-likeness (QED) is 0.812. The van der Waals surface area contributed by atoms with Gasteiger partial charge in [0, 0.05) is 4.47 Å². The summed E-state index contributed by atoms with van der Waals surface area (Å²) in [5, 5.41) is 2.58. The van der Waals surface area contributed by atoms with Gasteiger partial charge < -0.3 is 10.1 Å². The molecule has 1 unspecified atom stereocenters. The Morgan fingerprint density at radius 2 is 2.18 bits per heavy atom. The SMILES string of the molecule is CCOC(=O)C(C)NC(=O)c1cc(Br)c(Br)s1. The fourth-order valence-electron chi connectivity index (χ4n) is 1.05. The number of ether oxygens (including phenoxy) is 1. The van der Waals surface area contributed by atoms with Crippen LogP contribution < -0.4 is 5.32 Å². The molecule has 0 saturated heterocycles. The van der Waals surface area contributed by atoms with Crippen molar-refractivity contribution in [2.24, 2.45) is 0 Å². The van der Waals surface area contributed by atoms with Crippen LogP contribution in [0.4, 0.5) is 0 Å². The van der Waals surface area contributed by atoms with Gasteiger partial charge in [-0.1, -0.05) is 0 Å². The van der Waals surface area contributed by atoms with E-state index in [2.05, 4.69) is 37.2 Å². The highest BCUT2D eigenvalue weighted by atomic mass is 79.9. The summed E-state index contributed by atoms with van der Waals surface area (Å²) < 4.78 is 6.46. The number of amides is 1. The third-order valence-corrected chi connectivity index (χ3v) is 5.11. The van der Waals surface area contributed by atoms with Crippen molar-refractivity contribution in [3.8, 4) is 0 Å². The Hall–Kier alpha value is -0.400. The standard InChI is InChI=1S/C10H11Br2NO3S/c1-3-16-10(15)5(2)13-9(14)7-4-6(11)8(12)17-7/h4-5H,3H2,1-2H3,(H,13,14). The molecule has 1 N–H and O–H groups in total. The van der Waals surface area contributed by atoms with Crippen molar-refractivity contribution in [3.05, 3.63) is 19.2 Å². The van der Waals surface area contributed by atoms with E-state index in [1.165, 1.54) is 11.3 Å². The Morgan fingerprint density at radius 3 is 2.65 bits per heavy atom. The van der Waals surface area contributed by atoms with Gasteiger partial charge in [0.2, 0.25) is 0 Å². The first-order valence-electron chi connectivity index (χ1n) is 4.88. The zero-order valence-electron chi connectivity index (χ0n) is 9.25. The van der Waals surface area contributed by atoms with Gasteiger partial charge >= 0.3 is 5.97 Å². The molecular formula is C10H11Br2NO3S. The van der Waals surface area contributed by atoms with Crippen LogP contribution in [0.5, 0.6) is 0 Å². The molecule has 0 fully saturated rings. The molecule has 17 heavy (non-hydrogen) atoms. The number of esters is 1. The van der Waals surface area contributed by atoms with Gasteiger partial charge in [-0.15, -0.1) is 11.3 Å². The highest BCUT2D eigenvalue weighted by Gasteiger charge is 2.19. The van der Waals surface area contributed by atoms with Crippen molar-refractivity contribution in [1.29, 1.82) is 0 Å². The molecule has 1 heterocycles. The summed E-state index contributed by atoms with van der Waals surface area (Å²) >= 11 is 7.90. The highest BCUT2D eigenvalue weighted by molar-refractivity contribution is 9.13. The van der Waals surface area contributed by atoms with Crippen molar-refractivity contribution in [2.45, 2.75) is 19.9 Å². The van der Waals surface area contributed by atoms with Gasteiger partial charge in [-0.05, 0) is 51.8 Å². The minimum absolute atomic E-state index is 0.290. The van der Waals surface area contributed by atoms with Crippen LogP contribution in [0.25, 0.3) is 0 Å². The maximum absolute atomic E-state index is 11.8. The van der Waals surface area contributed by atoms with E-state index >= 15 is 0 Å². The van der Waals surface area contributed by atoms with Crippen LogP contribution in [-0.4, -0.2) is 24.5 Å². The van der Waals surface area contributed by atoms with Crippen LogP contribution >= 0.6 is 43.2 Å². The molecule has 0 aliphatic heterocycles. The number of carbonyl (C=O) groups is 2. The van der Waals surface area contributed by atoms with E-state index in [-0.39, 0.29) is 5.91 Å². The lowest BCUT2D eigenvalue weighted by atomic mass is 10.3. The van der Waals surface area contributed by atoms with Crippen LogP contribution in [0, 0.1) is 0 Å². The first kappa shape index (κ1) is 14.7. The Morgan fingerprint density at radius 1 is 1.53 bits per heavy atom. The molecule has 0 spiro atoms. The molecule has 7 heteroatoms. The highest BCUT2D eigenvalue weighted by Crippen LogP contribution is 2.32. The Kier molecular flexibility index (Phi) is 5.61. The van der Waals surface area contributed by atoms with Crippen molar-refractivity contribution in [2.75, 3.05) is 6.61 Å². The van der Waals surface area contributed by atoms with Crippen LogP contribution in [-0.2, 0) is 9.53 Å². The normalized spacial score (nSPS) is 12.0. The number of nitrogens with one attached hydrogen (secondary N) is 1. The Balaban J connectivity index is 2.63. The van der Waals surface area contributed by atoms with Crippen LogP contribution in [0.3, 0.4) is 0 Å². The van der Waals surface area contributed by atoms with Gasteiger partial charge in [-0.25, -0.2) is 4.79 Å². The van der Waals surface area contributed by atoms with E-state index in [0.717, 1.165) is 8.26 Å². The summed E-state index contributed by atoms with van der Waals surface area (Å²) in [6.45, 7) is 3.61. The lowest BCUT2D eigenvalue weighted by Crippen LogP contribution is -2.39. The fourth-order valence-corrected chi connectivity index (χ4v) is 2.99. The van der Waals surface area contributed by atoms with Crippen molar-refractivity contribution < 1.29 is 14.3 Å². The van der Waals surface area contributed by atoms with E-state index in [0.29, 0.717) is 11.5 Å². The molecule has 0 aliphatic rings. The smallest absolute Gasteiger partial charge is 0.328 e. The number of carbonyl (C=O) groups excluding carboxylic acids is 2. The monoisotopic (exact) mass is 383 g/mol. The van der Waals surface area contributed by atoms with Crippen molar-refractivity contribution >= 4 is 55.1 Å². The fraction of sp³-hybridized carbons (Fsp3) is 0.400. The zero-order valence-corrected chi connectivity index (χ0v) is 13.2. The van der Waals surface area contributed by atoms with Crippen LogP contribution in [0.15, 0.2) is 14.3 Å². The van der Waals surface area contributed by atoms with Gasteiger partial charge in [-0.2, -0.15) is 0 Å². The average Bonchev–Trinajstić information content (AvgIpc) is 2.59. The second kappa shape index (κ2) is 6.51.